The Morgan fingerprint density at radius 2 is 1.72 bits per heavy atom. The number of ketones is 1. The zero-order valence-electron chi connectivity index (χ0n) is 16.5. The van der Waals surface area contributed by atoms with Crippen molar-refractivity contribution in [2.45, 2.75) is 19.1 Å². The molecule has 1 amide bonds. The van der Waals surface area contributed by atoms with Gasteiger partial charge in [-0.1, -0.05) is 36.4 Å². The molecule has 7 nitrogen and oxygen atoms in total. The molecule has 1 aliphatic rings. The summed E-state index contributed by atoms with van der Waals surface area (Å²) < 4.78 is 10.6. The van der Waals surface area contributed by atoms with E-state index in [0.29, 0.717) is 22.6 Å². The van der Waals surface area contributed by atoms with Gasteiger partial charge in [0.25, 0.3) is 11.7 Å². The van der Waals surface area contributed by atoms with Crippen molar-refractivity contribution in [2.24, 2.45) is 0 Å². The van der Waals surface area contributed by atoms with E-state index in [1.165, 1.54) is 26.0 Å². The molecule has 3 rings (SSSR count). The number of hydrogen-bond donors (Lipinski definition) is 2. The summed E-state index contributed by atoms with van der Waals surface area (Å²) in [5, 5.41) is 20.8. The van der Waals surface area contributed by atoms with E-state index >= 15 is 0 Å². The molecule has 0 radical (unpaired) electrons. The van der Waals surface area contributed by atoms with Gasteiger partial charge in [0.2, 0.25) is 0 Å². The summed E-state index contributed by atoms with van der Waals surface area (Å²) in [4.78, 5) is 26.8. The predicted molar refractivity (Wildman–Crippen MR) is 107 cm³/mol. The summed E-state index contributed by atoms with van der Waals surface area (Å²) in [6.07, 6.45) is -0.854. The van der Waals surface area contributed by atoms with Crippen LogP contribution in [0.25, 0.3) is 5.76 Å². The number of carbonyl (C=O) groups is 2. The minimum absolute atomic E-state index is 0.0333. The molecule has 1 fully saturated rings. The first-order valence-electron chi connectivity index (χ1n) is 9.12. The highest BCUT2D eigenvalue weighted by Gasteiger charge is 2.46. The Balaban J connectivity index is 2.21. The molecular weight excluding hydrogens is 374 g/mol. The number of amides is 1. The van der Waals surface area contributed by atoms with Crippen molar-refractivity contribution < 1.29 is 29.3 Å². The smallest absolute Gasteiger partial charge is 0.295 e. The van der Waals surface area contributed by atoms with Crippen molar-refractivity contribution in [2.75, 3.05) is 20.8 Å². The molecule has 2 atom stereocenters. The zero-order valence-corrected chi connectivity index (χ0v) is 16.5. The van der Waals surface area contributed by atoms with E-state index in [4.69, 9.17) is 9.47 Å². The number of methoxy groups -OCH3 is 2. The van der Waals surface area contributed by atoms with Gasteiger partial charge in [-0.2, -0.15) is 0 Å². The molecule has 1 saturated heterocycles. The molecule has 2 unspecified atom stereocenters. The number of Topliss-reactive ketones (excluding diaryl/α,β-unsaturated/α-hetero) is 1. The molecule has 0 bridgehead atoms. The average molecular weight is 397 g/mol. The molecule has 0 spiro atoms. The van der Waals surface area contributed by atoms with Crippen molar-refractivity contribution in [3.63, 3.8) is 0 Å². The van der Waals surface area contributed by atoms with Crippen LogP contribution in [0, 0.1) is 0 Å². The zero-order chi connectivity index (χ0) is 21.1. The van der Waals surface area contributed by atoms with Gasteiger partial charge in [-0.15, -0.1) is 0 Å². The molecular formula is C22H23NO6. The molecule has 29 heavy (non-hydrogen) atoms. The van der Waals surface area contributed by atoms with Gasteiger partial charge >= 0.3 is 0 Å². The average Bonchev–Trinajstić information content (AvgIpc) is 2.97. The molecule has 7 heteroatoms. The Labute approximate surface area is 168 Å². The minimum Gasteiger partial charge on any atom is -0.507 e. The Morgan fingerprint density at radius 1 is 1.07 bits per heavy atom. The lowest BCUT2D eigenvalue weighted by Gasteiger charge is -2.27. The van der Waals surface area contributed by atoms with Gasteiger partial charge in [-0.3, -0.25) is 9.59 Å². The van der Waals surface area contributed by atoms with Crippen LogP contribution in [0.2, 0.25) is 0 Å². The number of benzene rings is 2. The van der Waals surface area contributed by atoms with Crippen molar-refractivity contribution in [3.8, 4) is 11.5 Å². The van der Waals surface area contributed by atoms with Crippen LogP contribution in [0.3, 0.4) is 0 Å². The summed E-state index contributed by atoms with van der Waals surface area (Å²) in [5.41, 5.74) is 0.946. The number of nitrogens with zero attached hydrogens (tertiary/aromatic N) is 1. The molecule has 1 aliphatic heterocycles. The maximum absolute atomic E-state index is 12.8. The number of aliphatic hydroxyl groups excluding tert-OH is 2. The quantitative estimate of drug-likeness (QED) is 0.442. The number of aliphatic hydroxyl groups is 2. The summed E-state index contributed by atoms with van der Waals surface area (Å²) >= 11 is 0. The first-order valence-corrected chi connectivity index (χ1v) is 9.12. The Morgan fingerprint density at radius 3 is 2.31 bits per heavy atom. The molecule has 0 aliphatic carbocycles. The number of likely N-dealkylation sites (tertiary alicyclic amines) is 1. The summed E-state index contributed by atoms with van der Waals surface area (Å²) in [6.45, 7) is 1.47. The monoisotopic (exact) mass is 397 g/mol. The van der Waals surface area contributed by atoms with Gasteiger partial charge in [0.1, 0.15) is 5.76 Å². The third-order valence-corrected chi connectivity index (χ3v) is 4.77. The lowest BCUT2D eigenvalue weighted by atomic mass is 9.95. The third-order valence-electron chi connectivity index (χ3n) is 4.77. The molecule has 2 N–H and O–H groups in total. The van der Waals surface area contributed by atoms with Crippen molar-refractivity contribution in [1.82, 2.24) is 4.90 Å². The van der Waals surface area contributed by atoms with Crippen molar-refractivity contribution in [3.05, 3.63) is 65.2 Å². The van der Waals surface area contributed by atoms with Crippen LogP contribution in [0.4, 0.5) is 0 Å². The number of ether oxygens (including phenoxy) is 2. The maximum Gasteiger partial charge on any atom is 0.295 e. The highest BCUT2D eigenvalue weighted by molar-refractivity contribution is 6.46. The van der Waals surface area contributed by atoms with Gasteiger partial charge in [0.05, 0.1) is 31.9 Å². The van der Waals surface area contributed by atoms with Crippen LogP contribution < -0.4 is 9.47 Å². The van der Waals surface area contributed by atoms with Crippen LogP contribution in [0.15, 0.2) is 54.1 Å². The summed E-state index contributed by atoms with van der Waals surface area (Å²) in [7, 11) is 2.99. The highest BCUT2D eigenvalue weighted by atomic mass is 16.5. The van der Waals surface area contributed by atoms with E-state index in [-0.39, 0.29) is 17.9 Å². The second-order valence-corrected chi connectivity index (χ2v) is 6.78. The van der Waals surface area contributed by atoms with Gasteiger partial charge in [0.15, 0.2) is 11.5 Å². The molecule has 152 valence electrons. The van der Waals surface area contributed by atoms with E-state index in [9.17, 15) is 19.8 Å². The Hall–Kier alpha value is -3.32. The Kier molecular flexibility index (Phi) is 5.89. The van der Waals surface area contributed by atoms with Gasteiger partial charge in [-0.05, 0) is 24.6 Å². The molecule has 1 heterocycles. The van der Waals surface area contributed by atoms with Crippen LogP contribution in [-0.4, -0.2) is 53.7 Å². The lowest BCUT2D eigenvalue weighted by Crippen LogP contribution is -2.35. The van der Waals surface area contributed by atoms with Crippen molar-refractivity contribution >= 4 is 17.4 Å². The van der Waals surface area contributed by atoms with Crippen LogP contribution in [0.1, 0.15) is 24.1 Å². The van der Waals surface area contributed by atoms with Gasteiger partial charge in [0, 0.05) is 12.1 Å². The van der Waals surface area contributed by atoms with Crippen LogP contribution in [-0.2, 0) is 9.59 Å². The van der Waals surface area contributed by atoms with Crippen LogP contribution >= 0.6 is 0 Å². The number of β-amino-alcohol motifs (C(OH)–C–C–N with tert-alkyl or cyclic N) is 1. The fourth-order valence-corrected chi connectivity index (χ4v) is 3.47. The van der Waals surface area contributed by atoms with E-state index in [0.717, 1.165) is 0 Å². The van der Waals surface area contributed by atoms with Gasteiger partial charge < -0.3 is 24.6 Å². The summed E-state index contributed by atoms with van der Waals surface area (Å²) in [6, 6.07) is 12.7. The molecule has 2 aromatic rings. The fourth-order valence-electron chi connectivity index (χ4n) is 3.47. The van der Waals surface area contributed by atoms with E-state index < -0.39 is 23.8 Å². The summed E-state index contributed by atoms with van der Waals surface area (Å²) in [5.74, 6) is -0.925. The first kappa shape index (κ1) is 20.4. The van der Waals surface area contributed by atoms with E-state index in [1.807, 2.05) is 0 Å². The Bertz CT molecular complexity index is 951. The molecule has 0 aromatic heterocycles. The number of carbonyl (C=O) groups excluding carboxylic acids is 2. The van der Waals surface area contributed by atoms with Crippen LogP contribution in [0.5, 0.6) is 11.5 Å². The second kappa shape index (κ2) is 8.36. The number of rotatable bonds is 6. The molecule has 0 saturated carbocycles. The number of hydrogen-bond acceptors (Lipinski definition) is 6. The SMILES string of the molecule is COc1ccc(C2C(=C(O)c3ccccc3)C(=O)C(=O)N2CC(C)O)cc1OC. The largest absolute Gasteiger partial charge is 0.507 e. The fraction of sp³-hybridized carbons (Fsp3) is 0.273. The molecule has 2 aromatic carbocycles. The van der Waals surface area contributed by atoms with E-state index in [1.54, 1.807) is 48.5 Å². The standard InChI is InChI=1S/C22H23NO6/c1-13(24)12-23-19(15-9-10-16(28-2)17(11-15)29-3)18(21(26)22(23)27)20(25)14-7-5-4-6-8-14/h4-11,13,19,24-25H,12H2,1-3H3. The maximum atomic E-state index is 12.8. The topological polar surface area (TPSA) is 96.3 Å². The second-order valence-electron chi connectivity index (χ2n) is 6.78. The first-order chi connectivity index (χ1) is 13.9. The lowest BCUT2D eigenvalue weighted by molar-refractivity contribution is -0.140. The highest BCUT2D eigenvalue weighted by Crippen LogP contribution is 2.41. The van der Waals surface area contributed by atoms with Crippen molar-refractivity contribution in [1.29, 1.82) is 0 Å². The predicted octanol–water partition coefficient (Wildman–Crippen LogP) is 2.51. The normalized spacial score (nSPS) is 19.3. The van der Waals surface area contributed by atoms with Gasteiger partial charge in [-0.25, -0.2) is 0 Å². The minimum atomic E-state index is -0.871. The van der Waals surface area contributed by atoms with E-state index in [2.05, 4.69) is 0 Å². The third kappa shape index (κ3) is 3.82.